The molecule has 1 N–H and O–H groups in total. The number of carbonyl (C=O) groups excluding carboxylic acids is 1. The van der Waals surface area contributed by atoms with E-state index in [1.807, 2.05) is 11.9 Å². The molecule has 2 fully saturated rings. The van der Waals surface area contributed by atoms with Gasteiger partial charge in [0.15, 0.2) is 0 Å². The van der Waals surface area contributed by atoms with Crippen LogP contribution in [0.15, 0.2) is 0 Å². The Kier molecular flexibility index (Phi) is 4.25. The predicted molar refractivity (Wildman–Crippen MR) is 68.1 cm³/mol. The lowest BCUT2D eigenvalue weighted by molar-refractivity contribution is -0.141. The molecule has 18 heavy (non-hydrogen) atoms. The summed E-state index contributed by atoms with van der Waals surface area (Å²) in [6, 6.07) is 0.336. The molecule has 2 rings (SSSR count). The first-order valence-electron chi connectivity index (χ1n) is 7.06. The monoisotopic (exact) mass is 253 g/mol. The summed E-state index contributed by atoms with van der Waals surface area (Å²) in [5.74, 6) is 0.193. The van der Waals surface area contributed by atoms with Crippen molar-refractivity contribution < 1.29 is 14.7 Å². The van der Waals surface area contributed by atoms with Crippen molar-refractivity contribution in [2.24, 2.45) is 11.8 Å². The molecule has 0 aromatic carbocycles. The molecule has 102 valence electrons. The Morgan fingerprint density at radius 3 is 2.17 bits per heavy atom. The molecule has 0 radical (unpaired) electrons. The van der Waals surface area contributed by atoms with E-state index in [2.05, 4.69) is 0 Å². The van der Waals surface area contributed by atoms with Crippen molar-refractivity contribution in [3.63, 3.8) is 0 Å². The van der Waals surface area contributed by atoms with E-state index in [1.165, 1.54) is 6.42 Å². The van der Waals surface area contributed by atoms with Crippen molar-refractivity contribution in [2.75, 3.05) is 7.05 Å². The van der Waals surface area contributed by atoms with Crippen LogP contribution in [-0.2, 0) is 9.59 Å². The van der Waals surface area contributed by atoms with Gasteiger partial charge in [-0.25, -0.2) is 0 Å². The molecule has 0 saturated heterocycles. The molecule has 4 nitrogen and oxygen atoms in total. The van der Waals surface area contributed by atoms with Crippen LogP contribution in [0.1, 0.15) is 51.4 Å². The molecule has 0 heterocycles. The van der Waals surface area contributed by atoms with E-state index in [9.17, 15) is 9.59 Å². The van der Waals surface area contributed by atoms with Gasteiger partial charge in [0.25, 0.3) is 0 Å². The molecule has 1 amide bonds. The van der Waals surface area contributed by atoms with Crippen molar-refractivity contribution in [1.82, 2.24) is 4.90 Å². The number of carbonyl (C=O) groups is 2. The van der Waals surface area contributed by atoms with E-state index in [1.54, 1.807) is 0 Å². The second kappa shape index (κ2) is 5.72. The Balaban J connectivity index is 1.78. The highest BCUT2D eigenvalue weighted by molar-refractivity contribution is 5.79. The van der Waals surface area contributed by atoms with E-state index in [4.69, 9.17) is 5.11 Å². The molecule has 0 atom stereocenters. The van der Waals surface area contributed by atoms with Gasteiger partial charge in [0, 0.05) is 25.4 Å². The fourth-order valence-corrected chi connectivity index (χ4v) is 3.11. The minimum atomic E-state index is -0.697. The number of aliphatic carboxylic acids is 1. The van der Waals surface area contributed by atoms with Crippen molar-refractivity contribution in [3.05, 3.63) is 0 Å². The summed E-state index contributed by atoms with van der Waals surface area (Å²) in [7, 11) is 1.92. The number of hydrogen-bond donors (Lipinski definition) is 1. The maximum absolute atomic E-state index is 12.1. The van der Waals surface area contributed by atoms with E-state index in [0.717, 1.165) is 38.5 Å². The Labute approximate surface area is 108 Å². The standard InChI is InChI=1S/C14H23NO3/c1-15(14(18)11-3-2-4-11)12-7-5-10(6-8-12)9-13(16)17/h10-12H,2-9H2,1H3,(H,16,17). The minimum Gasteiger partial charge on any atom is -0.481 e. The van der Waals surface area contributed by atoms with Gasteiger partial charge in [-0.15, -0.1) is 0 Å². The van der Waals surface area contributed by atoms with Crippen LogP contribution in [0.2, 0.25) is 0 Å². The first-order chi connectivity index (χ1) is 8.58. The first-order valence-corrected chi connectivity index (χ1v) is 7.06. The zero-order valence-electron chi connectivity index (χ0n) is 11.1. The van der Waals surface area contributed by atoms with Gasteiger partial charge in [0.05, 0.1) is 0 Å². The largest absolute Gasteiger partial charge is 0.481 e. The number of rotatable bonds is 4. The van der Waals surface area contributed by atoms with Gasteiger partial charge >= 0.3 is 5.97 Å². The van der Waals surface area contributed by atoms with Gasteiger partial charge in [0.1, 0.15) is 0 Å². The summed E-state index contributed by atoms with van der Waals surface area (Å²) < 4.78 is 0. The zero-order chi connectivity index (χ0) is 13.1. The van der Waals surface area contributed by atoms with Gasteiger partial charge in [0.2, 0.25) is 5.91 Å². The zero-order valence-corrected chi connectivity index (χ0v) is 11.1. The second-order valence-corrected chi connectivity index (χ2v) is 5.85. The molecule has 0 unspecified atom stereocenters. The predicted octanol–water partition coefficient (Wildman–Crippen LogP) is 2.28. The third-order valence-corrected chi connectivity index (χ3v) is 4.63. The van der Waals surface area contributed by atoms with Crippen LogP contribution >= 0.6 is 0 Å². The Morgan fingerprint density at radius 2 is 1.72 bits per heavy atom. The molecule has 0 spiro atoms. The highest BCUT2D eigenvalue weighted by Crippen LogP contribution is 2.33. The number of nitrogens with zero attached hydrogens (tertiary/aromatic N) is 1. The summed E-state index contributed by atoms with van der Waals surface area (Å²) in [5, 5.41) is 8.78. The second-order valence-electron chi connectivity index (χ2n) is 5.85. The number of hydrogen-bond acceptors (Lipinski definition) is 2. The lowest BCUT2D eigenvalue weighted by Gasteiger charge is -2.37. The van der Waals surface area contributed by atoms with Crippen LogP contribution in [0.4, 0.5) is 0 Å². The highest BCUT2D eigenvalue weighted by atomic mass is 16.4. The van der Waals surface area contributed by atoms with E-state index >= 15 is 0 Å². The molecule has 0 bridgehead atoms. The third kappa shape index (κ3) is 3.03. The highest BCUT2D eigenvalue weighted by Gasteiger charge is 2.33. The molecule has 2 aliphatic carbocycles. The van der Waals surface area contributed by atoms with Crippen LogP contribution in [0.25, 0.3) is 0 Å². The molecular weight excluding hydrogens is 230 g/mol. The first kappa shape index (κ1) is 13.4. The lowest BCUT2D eigenvalue weighted by atomic mass is 9.81. The van der Waals surface area contributed by atoms with Gasteiger partial charge in [-0.05, 0) is 44.4 Å². The molecule has 0 aromatic rings. The molecule has 2 aliphatic rings. The third-order valence-electron chi connectivity index (χ3n) is 4.63. The quantitative estimate of drug-likeness (QED) is 0.836. The maximum atomic E-state index is 12.1. The van der Waals surface area contributed by atoms with E-state index in [-0.39, 0.29) is 12.3 Å². The Bertz CT molecular complexity index is 317. The Morgan fingerprint density at radius 1 is 1.11 bits per heavy atom. The SMILES string of the molecule is CN(C(=O)C1CCC1)C1CCC(CC(=O)O)CC1. The minimum absolute atomic E-state index is 0.270. The maximum Gasteiger partial charge on any atom is 0.303 e. The summed E-state index contributed by atoms with van der Waals surface area (Å²) >= 11 is 0. The van der Waals surface area contributed by atoms with Gasteiger partial charge in [-0.1, -0.05) is 6.42 Å². The molecule has 0 aromatic heterocycles. The van der Waals surface area contributed by atoms with Crippen molar-refractivity contribution in [2.45, 2.75) is 57.4 Å². The summed E-state index contributed by atoms with van der Waals surface area (Å²) in [6.07, 6.45) is 7.40. The average molecular weight is 253 g/mol. The topological polar surface area (TPSA) is 57.6 Å². The summed E-state index contributed by atoms with van der Waals surface area (Å²) in [6.45, 7) is 0. The fourth-order valence-electron chi connectivity index (χ4n) is 3.11. The number of carboxylic acids is 1. The van der Waals surface area contributed by atoms with Crippen LogP contribution in [0.3, 0.4) is 0 Å². The van der Waals surface area contributed by atoms with Crippen LogP contribution < -0.4 is 0 Å². The van der Waals surface area contributed by atoms with Gasteiger partial charge in [-0.3, -0.25) is 9.59 Å². The molecule has 0 aliphatic heterocycles. The van der Waals surface area contributed by atoms with Crippen molar-refractivity contribution in [3.8, 4) is 0 Å². The normalized spacial score (nSPS) is 28.5. The summed E-state index contributed by atoms with van der Waals surface area (Å²) in [5.41, 5.74) is 0. The van der Waals surface area contributed by atoms with Crippen molar-refractivity contribution in [1.29, 1.82) is 0 Å². The average Bonchev–Trinajstić information content (AvgIpc) is 2.26. The molecular formula is C14H23NO3. The fraction of sp³-hybridized carbons (Fsp3) is 0.857. The summed E-state index contributed by atoms with van der Waals surface area (Å²) in [4.78, 5) is 24.7. The van der Waals surface area contributed by atoms with Crippen LogP contribution in [0, 0.1) is 11.8 Å². The van der Waals surface area contributed by atoms with Crippen LogP contribution in [0.5, 0.6) is 0 Å². The van der Waals surface area contributed by atoms with Gasteiger partial charge < -0.3 is 10.0 Å². The number of carboxylic acid groups (broad SMARTS) is 1. The Hall–Kier alpha value is -1.06. The molecule has 2 saturated carbocycles. The lowest BCUT2D eigenvalue weighted by Crippen LogP contribution is -2.44. The van der Waals surface area contributed by atoms with E-state index < -0.39 is 5.97 Å². The molecule has 4 heteroatoms. The van der Waals surface area contributed by atoms with E-state index in [0.29, 0.717) is 17.9 Å². The van der Waals surface area contributed by atoms with Gasteiger partial charge in [-0.2, -0.15) is 0 Å². The van der Waals surface area contributed by atoms with Crippen LogP contribution in [-0.4, -0.2) is 35.0 Å². The van der Waals surface area contributed by atoms with Crippen molar-refractivity contribution >= 4 is 11.9 Å². The number of amides is 1. The smallest absolute Gasteiger partial charge is 0.303 e.